The summed E-state index contributed by atoms with van der Waals surface area (Å²) in [5, 5.41) is 15.3. The Balaban J connectivity index is 1.79. The number of pyridine rings is 1. The van der Waals surface area contributed by atoms with Gasteiger partial charge >= 0.3 is 0 Å². The van der Waals surface area contributed by atoms with Gasteiger partial charge in [-0.05, 0) is 36.6 Å². The van der Waals surface area contributed by atoms with Crippen molar-refractivity contribution in [2.45, 2.75) is 44.2 Å². The number of nitrogens with one attached hydrogen (secondary N) is 1. The van der Waals surface area contributed by atoms with Crippen LogP contribution in [0, 0.1) is 11.6 Å². The zero-order valence-corrected chi connectivity index (χ0v) is 15.0. The maximum Gasteiger partial charge on any atom is 0.159 e. The second kappa shape index (κ2) is 7.61. The van der Waals surface area contributed by atoms with Gasteiger partial charge in [-0.2, -0.15) is 0 Å². The third-order valence-electron chi connectivity index (χ3n) is 5.37. The van der Waals surface area contributed by atoms with Crippen molar-refractivity contribution in [3.63, 3.8) is 0 Å². The highest BCUT2D eigenvalue weighted by Crippen LogP contribution is 2.36. The summed E-state index contributed by atoms with van der Waals surface area (Å²) in [6.07, 6.45) is 7.21. The van der Waals surface area contributed by atoms with Gasteiger partial charge in [0, 0.05) is 23.2 Å². The number of halogens is 2. The molecule has 1 heterocycles. The van der Waals surface area contributed by atoms with Crippen molar-refractivity contribution in [1.82, 2.24) is 10.3 Å². The molecule has 2 N–H and O–H groups in total. The van der Waals surface area contributed by atoms with Crippen LogP contribution < -0.4 is 5.32 Å². The molecule has 5 heteroatoms. The number of aromatic nitrogens is 1. The van der Waals surface area contributed by atoms with Crippen LogP contribution in [-0.2, 0) is 0 Å². The first kappa shape index (κ1) is 17.9. The standard InChI is InChI=1S/C22H22F2N2O/c23-18-11-9-15(13-19(18)24)20(26-16-6-2-1-3-7-16)17-10-8-14-5-4-12-25-21(14)22(17)27/h4-5,8-13,16,20,26-27H,1-3,6-7H2. The van der Waals surface area contributed by atoms with Crippen molar-refractivity contribution in [3.05, 3.63) is 71.4 Å². The quantitative estimate of drug-likeness (QED) is 0.663. The lowest BCUT2D eigenvalue weighted by molar-refractivity contribution is 0.350. The first-order valence-electron chi connectivity index (χ1n) is 9.41. The Hall–Kier alpha value is -2.53. The molecule has 3 aromatic rings. The van der Waals surface area contributed by atoms with Gasteiger partial charge in [-0.3, -0.25) is 4.98 Å². The number of rotatable bonds is 4. The van der Waals surface area contributed by atoms with Crippen molar-refractivity contribution >= 4 is 10.9 Å². The third-order valence-corrected chi connectivity index (χ3v) is 5.37. The minimum absolute atomic E-state index is 0.0751. The molecule has 140 valence electrons. The fourth-order valence-electron chi connectivity index (χ4n) is 3.94. The van der Waals surface area contributed by atoms with Gasteiger partial charge in [-0.15, -0.1) is 0 Å². The molecule has 0 spiro atoms. The number of fused-ring (bicyclic) bond motifs is 1. The van der Waals surface area contributed by atoms with E-state index < -0.39 is 17.7 Å². The first-order chi connectivity index (χ1) is 13.1. The summed E-state index contributed by atoms with van der Waals surface area (Å²) < 4.78 is 27.4. The minimum atomic E-state index is -0.888. The molecule has 2 aromatic carbocycles. The van der Waals surface area contributed by atoms with Crippen molar-refractivity contribution in [1.29, 1.82) is 0 Å². The smallest absolute Gasteiger partial charge is 0.159 e. The predicted octanol–water partition coefficient (Wildman–Crippen LogP) is 5.23. The second-order valence-electron chi connectivity index (χ2n) is 7.19. The molecular weight excluding hydrogens is 346 g/mol. The molecule has 1 fully saturated rings. The lowest BCUT2D eigenvalue weighted by Crippen LogP contribution is -2.35. The Morgan fingerprint density at radius 2 is 1.81 bits per heavy atom. The second-order valence-corrected chi connectivity index (χ2v) is 7.19. The number of phenols is 1. The predicted molar refractivity (Wildman–Crippen MR) is 102 cm³/mol. The molecule has 3 nitrogen and oxygen atoms in total. The van der Waals surface area contributed by atoms with Gasteiger partial charge in [0.05, 0.1) is 6.04 Å². The Labute approximate surface area is 157 Å². The molecule has 1 aliphatic rings. The normalized spacial score (nSPS) is 16.5. The summed E-state index contributed by atoms with van der Waals surface area (Å²) in [6, 6.07) is 11.2. The molecule has 0 bridgehead atoms. The van der Waals surface area contributed by atoms with E-state index in [4.69, 9.17) is 0 Å². The SMILES string of the molecule is Oc1c(C(NC2CCCCC2)c2ccc(F)c(F)c2)ccc2cccnc12. The Morgan fingerprint density at radius 3 is 2.59 bits per heavy atom. The van der Waals surface area contributed by atoms with E-state index in [2.05, 4.69) is 10.3 Å². The molecule has 1 unspecified atom stereocenters. The van der Waals surface area contributed by atoms with Gasteiger partial charge in [0.1, 0.15) is 11.3 Å². The van der Waals surface area contributed by atoms with E-state index in [0.29, 0.717) is 16.6 Å². The highest BCUT2D eigenvalue weighted by molar-refractivity contribution is 5.85. The van der Waals surface area contributed by atoms with E-state index in [-0.39, 0.29) is 11.8 Å². The third kappa shape index (κ3) is 3.65. The summed E-state index contributed by atoms with van der Waals surface area (Å²) in [5.41, 5.74) is 1.72. The molecule has 0 saturated heterocycles. The maximum atomic E-state index is 13.9. The lowest BCUT2D eigenvalue weighted by atomic mass is 9.91. The Kier molecular flexibility index (Phi) is 5.03. The lowest BCUT2D eigenvalue weighted by Gasteiger charge is -2.29. The van der Waals surface area contributed by atoms with Gasteiger partial charge in [-0.25, -0.2) is 8.78 Å². The van der Waals surface area contributed by atoms with Gasteiger partial charge in [-0.1, -0.05) is 43.5 Å². The number of nitrogens with zero attached hydrogens (tertiary/aromatic N) is 1. The molecule has 0 radical (unpaired) electrons. The summed E-state index contributed by atoms with van der Waals surface area (Å²) in [7, 11) is 0. The van der Waals surface area contributed by atoms with Crippen LogP contribution in [0.4, 0.5) is 8.78 Å². The first-order valence-corrected chi connectivity index (χ1v) is 9.41. The zero-order chi connectivity index (χ0) is 18.8. The summed E-state index contributed by atoms with van der Waals surface area (Å²) >= 11 is 0. The number of aromatic hydroxyl groups is 1. The molecule has 1 saturated carbocycles. The van der Waals surface area contributed by atoms with Crippen LogP contribution in [0.5, 0.6) is 5.75 Å². The number of benzene rings is 2. The van der Waals surface area contributed by atoms with E-state index in [0.717, 1.165) is 37.1 Å². The van der Waals surface area contributed by atoms with Crippen LogP contribution in [0.3, 0.4) is 0 Å². The van der Waals surface area contributed by atoms with E-state index >= 15 is 0 Å². The molecule has 4 rings (SSSR count). The molecule has 1 aromatic heterocycles. The highest BCUT2D eigenvalue weighted by Gasteiger charge is 2.24. The topological polar surface area (TPSA) is 45.1 Å². The van der Waals surface area contributed by atoms with Gasteiger partial charge in [0.25, 0.3) is 0 Å². The molecule has 0 aliphatic heterocycles. The van der Waals surface area contributed by atoms with E-state index in [1.165, 1.54) is 12.5 Å². The summed E-state index contributed by atoms with van der Waals surface area (Å²) in [5.74, 6) is -1.69. The van der Waals surface area contributed by atoms with Crippen molar-refractivity contribution in [3.8, 4) is 5.75 Å². The van der Waals surface area contributed by atoms with Crippen molar-refractivity contribution < 1.29 is 13.9 Å². The molecule has 0 amide bonds. The van der Waals surface area contributed by atoms with E-state index in [1.54, 1.807) is 12.3 Å². The minimum Gasteiger partial charge on any atom is -0.505 e. The van der Waals surface area contributed by atoms with Gasteiger partial charge in [0.15, 0.2) is 11.6 Å². The van der Waals surface area contributed by atoms with Crippen molar-refractivity contribution in [2.24, 2.45) is 0 Å². The highest BCUT2D eigenvalue weighted by atomic mass is 19.2. The maximum absolute atomic E-state index is 13.9. The Morgan fingerprint density at radius 1 is 1.00 bits per heavy atom. The molecule has 1 aliphatic carbocycles. The number of hydrogen-bond acceptors (Lipinski definition) is 3. The van der Waals surface area contributed by atoms with Crippen LogP contribution in [0.25, 0.3) is 10.9 Å². The summed E-state index contributed by atoms with van der Waals surface area (Å²) in [6.45, 7) is 0. The van der Waals surface area contributed by atoms with Crippen LogP contribution in [0.15, 0.2) is 48.7 Å². The largest absolute Gasteiger partial charge is 0.505 e. The van der Waals surface area contributed by atoms with Crippen molar-refractivity contribution in [2.75, 3.05) is 0 Å². The average Bonchev–Trinajstić information content (AvgIpc) is 2.70. The van der Waals surface area contributed by atoms with Crippen LogP contribution in [0.1, 0.15) is 49.3 Å². The fourth-order valence-corrected chi connectivity index (χ4v) is 3.94. The van der Waals surface area contributed by atoms with Crippen LogP contribution in [0.2, 0.25) is 0 Å². The number of phenolic OH excluding ortho intramolecular Hbond substituents is 1. The van der Waals surface area contributed by atoms with E-state index in [9.17, 15) is 13.9 Å². The molecule has 1 atom stereocenters. The van der Waals surface area contributed by atoms with Crippen LogP contribution >= 0.6 is 0 Å². The average molecular weight is 368 g/mol. The van der Waals surface area contributed by atoms with Gasteiger partial charge < -0.3 is 10.4 Å². The number of hydrogen-bond donors (Lipinski definition) is 2. The molecule has 27 heavy (non-hydrogen) atoms. The molecular formula is C22H22F2N2O. The Bertz CT molecular complexity index is 954. The van der Waals surface area contributed by atoms with Gasteiger partial charge in [0.2, 0.25) is 0 Å². The van der Waals surface area contributed by atoms with Crippen LogP contribution in [-0.4, -0.2) is 16.1 Å². The fraction of sp³-hybridized carbons (Fsp3) is 0.318. The summed E-state index contributed by atoms with van der Waals surface area (Å²) in [4.78, 5) is 4.28. The van der Waals surface area contributed by atoms with E-state index in [1.807, 2.05) is 24.3 Å². The monoisotopic (exact) mass is 368 g/mol. The zero-order valence-electron chi connectivity index (χ0n) is 15.0.